The van der Waals surface area contributed by atoms with E-state index >= 15 is 0 Å². The smallest absolute Gasteiger partial charge is 0.306 e. The van der Waals surface area contributed by atoms with Gasteiger partial charge in [0.1, 0.15) is 0 Å². The molecule has 1 saturated carbocycles. The number of aliphatic carboxylic acids is 1. The minimum absolute atomic E-state index is 0.0404. The molecular weight excluding hydrogens is 432 g/mol. The van der Waals surface area contributed by atoms with Gasteiger partial charge in [0.25, 0.3) is 0 Å². The Kier molecular flexibility index (Phi) is 6.83. The predicted molar refractivity (Wildman–Crippen MR) is 124 cm³/mol. The van der Waals surface area contributed by atoms with Crippen molar-refractivity contribution >= 4 is 35.4 Å². The van der Waals surface area contributed by atoms with Crippen molar-refractivity contribution in [3.05, 3.63) is 41.0 Å². The number of hydrogen-bond donors (Lipinski definition) is 3. The predicted octanol–water partition coefficient (Wildman–Crippen LogP) is 3.64. The minimum Gasteiger partial charge on any atom is -0.481 e. The summed E-state index contributed by atoms with van der Waals surface area (Å²) in [6.45, 7) is 5.90. The van der Waals surface area contributed by atoms with Crippen molar-refractivity contribution in [2.75, 3.05) is 5.32 Å². The van der Waals surface area contributed by atoms with Crippen LogP contribution in [0.25, 0.3) is 0 Å². The molecule has 0 saturated heterocycles. The molecule has 32 heavy (non-hydrogen) atoms. The number of nitrogens with zero attached hydrogens (tertiary/aromatic N) is 2. The molecule has 1 aromatic carbocycles. The van der Waals surface area contributed by atoms with Crippen molar-refractivity contribution in [2.45, 2.75) is 70.0 Å². The van der Waals surface area contributed by atoms with Crippen LogP contribution in [0.3, 0.4) is 0 Å². The number of rotatable bonds is 7. The number of aryl methyl sites for hydroxylation is 1. The first kappa shape index (κ1) is 22.8. The molecule has 3 aliphatic rings. The van der Waals surface area contributed by atoms with E-state index < -0.39 is 18.4 Å². The van der Waals surface area contributed by atoms with Crippen LogP contribution in [0.15, 0.2) is 39.8 Å². The van der Waals surface area contributed by atoms with Crippen LogP contribution in [0, 0.1) is 12.8 Å². The van der Waals surface area contributed by atoms with Crippen molar-refractivity contribution in [3.63, 3.8) is 0 Å². The van der Waals surface area contributed by atoms with Gasteiger partial charge in [-0.05, 0) is 63.8 Å². The van der Waals surface area contributed by atoms with Crippen molar-refractivity contribution < 1.29 is 19.5 Å². The number of benzene rings is 1. The maximum absolute atomic E-state index is 11.2. The summed E-state index contributed by atoms with van der Waals surface area (Å²) in [5.74, 6) is -0.456. The summed E-state index contributed by atoms with van der Waals surface area (Å²) in [5, 5.41) is 12.3. The highest BCUT2D eigenvalue weighted by atomic mass is 35.5. The molecule has 0 radical (unpaired) electrons. The van der Waals surface area contributed by atoms with Crippen LogP contribution in [0.2, 0.25) is 0 Å². The van der Waals surface area contributed by atoms with E-state index in [0.29, 0.717) is 18.7 Å². The average Bonchev–Trinajstić information content (AvgIpc) is 3.39. The lowest BCUT2D eigenvalue weighted by Crippen LogP contribution is -2.32. The van der Waals surface area contributed by atoms with Crippen molar-refractivity contribution in [2.24, 2.45) is 15.9 Å². The highest BCUT2D eigenvalue weighted by Gasteiger charge is 2.31. The van der Waals surface area contributed by atoms with E-state index in [9.17, 15) is 9.90 Å². The Morgan fingerprint density at radius 2 is 2.19 bits per heavy atom. The molecule has 0 amide bonds. The summed E-state index contributed by atoms with van der Waals surface area (Å²) in [4.78, 5) is 25.9. The molecule has 8 nitrogen and oxygen atoms in total. The molecule has 4 rings (SSSR count). The summed E-state index contributed by atoms with van der Waals surface area (Å²) < 4.78 is 5.70. The fourth-order valence-electron chi connectivity index (χ4n) is 4.22. The molecule has 3 N–H and O–H groups in total. The number of carboxylic acid groups (broad SMARTS) is 1. The summed E-state index contributed by atoms with van der Waals surface area (Å²) in [7, 11) is 0. The van der Waals surface area contributed by atoms with Crippen LogP contribution in [0.5, 0.6) is 0 Å². The van der Waals surface area contributed by atoms with Gasteiger partial charge in [0.05, 0.1) is 17.4 Å². The van der Waals surface area contributed by atoms with Gasteiger partial charge in [-0.25, -0.2) is 4.99 Å². The summed E-state index contributed by atoms with van der Waals surface area (Å²) in [6.07, 6.45) is 5.09. The van der Waals surface area contributed by atoms with Gasteiger partial charge >= 0.3 is 5.97 Å². The lowest BCUT2D eigenvalue weighted by atomic mass is 10.1. The number of carbonyl (C=O) groups is 1. The molecular formula is C23H29ClN4O4. The highest BCUT2D eigenvalue weighted by Crippen LogP contribution is 2.29. The highest BCUT2D eigenvalue weighted by molar-refractivity contribution is 6.22. The van der Waals surface area contributed by atoms with E-state index in [1.165, 1.54) is 0 Å². The van der Waals surface area contributed by atoms with E-state index in [0.717, 1.165) is 28.8 Å². The lowest BCUT2D eigenvalue weighted by Gasteiger charge is -2.23. The molecule has 1 aromatic rings. The van der Waals surface area contributed by atoms with E-state index in [-0.39, 0.29) is 23.4 Å². The molecule has 0 spiro atoms. The number of hydroxylamine groups is 1. The van der Waals surface area contributed by atoms with Crippen LogP contribution in [0.4, 0.5) is 5.69 Å². The maximum atomic E-state index is 11.2. The van der Waals surface area contributed by atoms with Crippen LogP contribution < -0.4 is 10.8 Å². The molecule has 0 aromatic heterocycles. The summed E-state index contributed by atoms with van der Waals surface area (Å²) >= 11 is 6.42. The summed E-state index contributed by atoms with van der Waals surface area (Å²) in [6, 6.07) is 6.15. The van der Waals surface area contributed by atoms with Gasteiger partial charge in [0.2, 0.25) is 5.90 Å². The number of dihydropyridines is 1. The van der Waals surface area contributed by atoms with E-state index in [2.05, 4.69) is 20.8 Å². The van der Waals surface area contributed by atoms with Crippen molar-refractivity contribution in [1.29, 1.82) is 0 Å². The van der Waals surface area contributed by atoms with Gasteiger partial charge in [-0.2, -0.15) is 0 Å². The number of halogens is 1. The Hall–Kier alpha value is -2.42. The van der Waals surface area contributed by atoms with Gasteiger partial charge in [0, 0.05) is 29.1 Å². The second-order valence-electron chi connectivity index (χ2n) is 8.74. The molecule has 2 aliphatic heterocycles. The average molecular weight is 461 g/mol. The molecule has 172 valence electrons. The molecule has 2 heterocycles. The zero-order chi connectivity index (χ0) is 22.8. The Bertz CT molecular complexity index is 961. The molecule has 1 fully saturated rings. The molecule has 5 unspecified atom stereocenters. The first-order valence-electron chi connectivity index (χ1n) is 10.9. The standard InChI is InChI=1S/C23H29ClN4O4/c1-12(2)31-22-19(24)10-15(11-25-22)20-27-21(32-28-20)18-7-6-16(8-13(18)3)26-17-5-4-14(9-17)23(29)30/h6-8,10-12,14,17,19-20,22,26,28H,4-5,9H2,1-3H3,(H,29,30). The van der Waals surface area contributed by atoms with Gasteiger partial charge in [-0.1, -0.05) is 6.08 Å². The number of ether oxygens (including phenoxy) is 1. The molecule has 0 bridgehead atoms. The number of alkyl halides is 1. The molecule has 1 aliphatic carbocycles. The van der Waals surface area contributed by atoms with Crippen LogP contribution in [-0.4, -0.2) is 53.1 Å². The number of anilines is 1. The molecule has 9 heteroatoms. The third kappa shape index (κ3) is 5.14. The maximum Gasteiger partial charge on any atom is 0.306 e. The van der Waals surface area contributed by atoms with Gasteiger partial charge in [-0.3, -0.25) is 9.79 Å². The van der Waals surface area contributed by atoms with Gasteiger partial charge in [0.15, 0.2) is 12.4 Å². The number of nitrogens with one attached hydrogen (secondary N) is 2. The quantitative estimate of drug-likeness (QED) is 0.536. The van der Waals surface area contributed by atoms with Crippen LogP contribution in [-0.2, 0) is 14.4 Å². The fourth-order valence-corrected chi connectivity index (χ4v) is 4.49. The van der Waals surface area contributed by atoms with Crippen molar-refractivity contribution in [1.82, 2.24) is 5.48 Å². The van der Waals surface area contributed by atoms with E-state index in [1.54, 1.807) is 6.21 Å². The SMILES string of the molecule is Cc1cc(NC2CCC(C(=O)O)C2)ccc1C1=NC(C2=CC(Cl)C(OC(C)C)N=C2)NO1. The first-order chi connectivity index (χ1) is 15.3. The fraction of sp³-hybridized carbons (Fsp3) is 0.522. The summed E-state index contributed by atoms with van der Waals surface area (Å²) in [5.41, 5.74) is 6.62. The Labute approximate surface area is 192 Å². The largest absolute Gasteiger partial charge is 0.481 e. The second kappa shape index (κ2) is 9.60. The second-order valence-corrected chi connectivity index (χ2v) is 9.24. The van der Waals surface area contributed by atoms with Gasteiger partial charge < -0.3 is 20.0 Å². The normalized spacial score (nSPS) is 29.6. The first-order valence-corrected chi connectivity index (χ1v) is 11.4. The topological polar surface area (TPSA) is 105 Å². The Morgan fingerprint density at radius 3 is 2.84 bits per heavy atom. The molecule has 5 atom stereocenters. The third-order valence-corrected chi connectivity index (χ3v) is 6.19. The zero-order valence-corrected chi connectivity index (χ0v) is 19.2. The number of hydrogen-bond acceptors (Lipinski definition) is 7. The lowest BCUT2D eigenvalue weighted by molar-refractivity contribution is -0.141. The minimum atomic E-state index is -0.708. The van der Waals surface area contributed by atoms with Crippen LogP contribution in [0.1, 0.15) is 44.2 Å². The van der Waals surface area contributed by atoms with Gasteiger partial charge in [-0.15, -0.1) is 17.1 Å². The van der Waals surface area contributed by atoms with E-state index in [4.69, 9.17) is 21.2 Å². The number of aliphatic imine (C=N–C) groups is 2. The van der Waals surface area contributed by atoms with Crippen molar-refractivity contribution in [3.8, 4) is 0 Å². The monoisotopic (exact) mass is 460 g/mol. The Morgan fingerprint density at radius 1 is 1.38 bits per heavy atom. The Balaban J connectivity index is 1.41. The van der Waals surface area contributed by atoms with E-state index in [1.807, 2.05) is 45.0 Å². The zero-order valence-electron chi connectivity index (χ0n) is 18.4. The van der Waals surface area contributed by atoms with Crippen LogP contribution >= 0.6 is 11.6 Å². The number of carboxylic acids is 1. The third-order valence-electron chi connectivity index (χ3n) is 5.84.